The van der Waals surface area contributed by atoms with Gasteiger partial charge in [0.15, 0.2) is 12.2 Å². The largest absolute Gasteiger partial charge is 0.444 e. The van der Waals surface area contributed by atoms with Gasteiger partial charge < -0.3 is 15.5 Å². The minimum absolute atomic E-state index is 0.0205. The third-order valence-electron chi connectivity index (χ3n) is 2.49. The molecule has 0 fully saturated rings. The molecule has 94 valence electrons. The van der Waals surface area contributed by atoms with Crippen LogP contribution in [0.1, 0.15) is 12.8 Å². The van der Waals surface area contributed by atoms with E-state index in [-0.39, 0.29) is 5.91 Å². The number of benzene rings is 1. The highest BCUT2D eigenvalue weighted by molar-refractivity contribution is 5.90. The SMILES string of the molecule is NCCCC(=O)Nc1ccc(-c2cnco2)cc1. The molecule has 0 aliphatic rings. The predicted molar refractivity (Wildman–Crippen MR) is 68.9 cm³/mol. The zero-order valence-corrected chi connectivity index (χ0v) is 9.93. The molecule has 1 heterocycles. The van der Waals surface area contributed by atoms with Crippen molar-refractivity contribution in [2.24, 2.45) is 5.73 Å². The summed E-state index contributed by atoms with van der Waals surface area (Å²) in [5, 5.41) is 2.81. The fourth-order valence-electron chi connectivity index (χ4n) is 1.56. The Morgan fingerprint density at radius 3 is 2.72 bits per heavy atom. The van der Waals surface area contributed by atoms with E-state index < -0.39 is 0 Å². The van der Waals surface area contributed by atoms with Gasteiger partial charge in [0.1, 0.15) is 0 Å². The van der Waals surface area contributed by atoms with E-state index >= 15 is 0 Å². The van der Waals surface area contributed by atoms with Crippen LogP contribution >= 0.6 is 0 Å². The summed E-state index contributed by atoms with van der Waals surface area (Å²) in [5.41, 5.74) is 7.04. The second-order valence-electron chi connectivity index (χ2n) is 3.88. The smallest absolute Gasteiger partial charge is 0.224 e. The molecule has 1 amide bonds. The van der Waals surface area contributed by atoms with E-state index in [0.29, 0.717) is 25.1 Å². The molecular weight excluding hydrogens is 230 g/mol. The Morgan fingerprint density at radius 1 is 1.33 bits per heavy atom. The van der Waals surface area contributed by atoms with Crippen molar-refractivity contribution < 1.29 is 9.21 Å². The van der Waals surface area contributed by atoms with Gasteiger partial charge in [0.05, 0.1) is 6.20 Å². The topological polar surface area (TPSA) is 81.2 Å². The molecule has 0 saturated carbocycles. The number of rotatable bonds is 5. The summed E-state index contributed by atoms with van der Waals surface area (Å²) in [6.07, 6.45) is 4.18. The molecule has 5 heteroatoms. The Balaban J connectivity index is 1.98. The first kappa shape index (κ1) is 12.3. The number of hydrogen-bond donors (Lipinski definition) is 2. The zero-order valence-electron chi connectivity index (χ0n) is 9.93. The third kappa shape index (κ3) is 3.18. The third-order valence-corrected chi connectivity index (χ3v) is 2.49. The van der Waals surface area contributed by atoms with E-state index in [0.717, 1.165) is 11.3 Å². The maximum absolute atomic E-state index is 11.5. The number of anilines is 1. The Labute approximate surface area is 105 Å². The van der Waals surface area contributed by atoms with Crippen LogP contribution in [0.25, 0.3) is 11.3 Å². The Kier molecular flexibility index (Phi) is 4.09. The standard InChI is InChI=1S/C13H15N3O2/c14-7-1-2-13(17)16-11-5-3-10(4-6-11)12-8-15-9-18-12/h3-6,8-9H,1-2,7,14H2,(H,16,17). The molecule has 0 aliphatic heterocycles. The number of nitrogens with two attached hydrogens (primary N) is 1. The van der Waals surface area contributed by atoms with Gasteiger partial charge in [-0.1, -0.05) is 0 Å². The van der Waals surface area contributed by atoms with Gasteiger partial charge >= 0.3 is 0 Å². The quantitative estimate of drug-likeness (QED) is 0.844. The molecule has 0 atom stereocenters. The number of oxazole rings is 1. The normalized spacial score (nSPS) is 10.3. The Morgan fingerprint density at radius 2 is 2.11 bits per heavy atom. The summed E-state index contributed by atoms with van der Waals surface area (Å²) in [4.78, 5) is 15.3. The lowest BCUT2D eigenvalue weighted by Crippen LogP contribution is -2.13. The Hall–Kier alpha value is -2.14. The first-order chi connectivity index (χ1) is 8.79. The maximum atomic E-state index is 11.5. The number of carbonyl (C=O) groups is 1. The molecule has 0 bridgehead atoms. The van der Waals surface area contributed by atoms with Crippen molar-refractivity contribution in [3.63, 3.8) is 0 Å². The monoisotopic (exact) mass is 245 g/mol. The number of amides is 1. The number of nitrogens with one attached hydrogen (secondary N) is 1. The number of nitrogens with zero attached hydrogens (tertiary/aromatic N) is 1. The van der Waals surface area contributed by atoms with Crippen molar-refractivity contribution in [1.82, 2.24) is 4.98 Å². The van der Waals surface area contributed by atoms with Crippen molar-refractivity contribution in [2.75, 3.05) is 11.9 Å². The first-order valence-electron chi connectivity index (χ1n) is 5.78. The van der Waals surface area contributed by atoms with Crippen LogP contribution in [0.4, 0.5) is 5.69 Å². The van der Waals surface area contributed by atoms with Crippen LogP contribution < -0.4 is 11.1 Å². The lowest BCUT2D eigenvalue weighted by molar-refractivity contribution is -0.116. The summed E-state index contributed by atoms with van der Waals surface area (Å²) in [6, 6.07) is 7.41. The minimum Gasteiger partial charge on any atom is -0.444 e. The van der Waals surface area contributed by atoms with Crippen LogP contribution in [0.15, 0.2) is 41.3 Å². The molecule has 2 aromatic rings. The van der Waals surface area contributed by atoms with Crippen molar-refractivity contribution in [2.45, 2.75) is 12.8 Å². The molecule has 1 aromatic carbocycles. The predicted octanol–water partition coefficient (Wildman–Crippen LogP) is 2.02. The second-order valence-corrected chi connectivity index (χ2v) is 3.88. The molecule has 0 spiro atoms. The molecule has 3 N–H and O–H groups in total. The highest BCUT2D eigenvalue weighted by Crippen LogP contribution is 2.20. The lowest BCUT2D eigenvalue weighted by atomic mass is 10.1. The van der Waals surface area contributed by atoms with Gasteiger partial charge in [0.2, 0.25) is 5.91 Å². The van der Waals surface area contributed by atoms with Gasteiger partial charge in [-0.15, -0.1) is 0 Å². The van der Waals surface area contributed by atoms with Crippen LogP contribution in [-0.4, -0.2) is 17.4 Å². The van der Waals surface area contributed by atoms with E-state index in [2.05, 4.69) is 10.3 Å². The summed E-state index contributed by atoms with van der Waals surface area (Å²) >= 11 is 0. The van der Waals surface area contributed by atoms with Gasteiger partial charge in [-0.2, -0.15) is 0 Å². The number of hydrogen-bond acceptors (Lipinski definition) is 4. The van der Waals surface area contributed by atoms with Crippen LogP contribution in [-0.2, 0) is 4.79 Å². The van der Waals surface area contributed by atoms with E-state index in [1.807, 2.05) is 24.3 Å². The highest BCUT2D eigenvalue weighted by atomic mass is 16.3. The van der Waals surface area contributed by atoms with Crippen LogP contribution in [0, 0.1) is 0 Å². The van der Waals surface area contributed by atoms with Gasteiger partial charge in [-0.3, -0.25) is 4.79 Å². The average Bonchev–Trinajstić information content (AvgIpc) is 2.91. The number of aromatic nitrogens is 1. The Bertz CT molecular complexity index is 491. The summed E-state index contributed by atoms with van der Waals surface area (Å²) in [5.74, 6) is 0.684. The van der Waals surface area contributed by atoms with Crippen LogP contribution in [0.2, 0.25) is 0 Å². The molecule has 2 rings (SSSR count). The van der Waals surface area contributed by atoms with Gasteiger partial charge in [0, 0.05) is 17.7 Å². The van der Waals surface area contributed by atoms with E-state index in [1.165, 1.54) is 6.39 Å². The van der Waals surface area contributed by atoms with Crippen molar-refractivity contribution in [3.05, 3.63) is 36.9 Å². The average molecular weight is 245 g/mol. The molecule has 0 radical (unpaired) electrons. The molecular formula is C13H15N3O2. The second kappa shape index (κ2) is 5.97. The van der Waals surface area contributed by atoms with E-state index in [1.54, 1.807) is 6.20 Å². The molecule has 5 nitrogen and oxygen atoms in total. The molecule has 0 unspecified atom stereocenters. The van der Waals surface area contributed by atoms with Gasteiger partial charge in [0.25, 0.3) is 0 Å². The summed E-state index contributed by atoms with van der Waals surface area (Å²) in [7, 11) is 0. The van der Waals surface area contributed by atoms with E-state index in [9.17, 15) is 4.79 Å². The molecule has 0 saturated heterocycles. The first-order valence-corrected chi connectivity index (χ1v) is 5.78. The fraction of sp³-hybridized carbons (Fsp3) is 0.231. The van der Waals surface area contributed by atoms with Gasteiger partial charge in [-0.25, -0.2) is 4.98 Å². The fourth-order valence-corrected chi connectivity index (χ4v) is 1.56. The summed E-state index contributed by atoms with van der Waals surface area (Å²) < 4.78 is 5.18. The lowest BCUT2D eigenvalue weighted by Gasteiger charge is -2.05. The molecule has 18 heavy (non-hydrogen) atoms. The maximum Gasteiger partial charge on any atom is 0.224 e. The van der Waals surface area contributed by atoms with E-state index in [4.69, 9.17) is 10.2 Å². The number of carbonyl (C=O) groups excluding carboxylic acids is 1. The van der Waals surface area contributed by atoms with Crippen LogP contribution in [0.5, 0.6) is 0 Å². The zero-order chi connectivity index (χ0) is 12.8. The highest BCUT2D eigenvalue weighted by Gasteiger charge is 2.03. The van der Waals surface area contributed by atoms with Crippen LogP contribution in [0.3, 0.4) is 0 Å². The van der Waals surface area contributed by atoms with Crippen molar-refractivity contribution in [1.29, 1.82) is 0 Å². The molecule has 0 aliphatic carbocycles. The molecule has 1 aromatic heterocycles. The summed E-state index contributed by atoms with van der Waals surface area (Å²) in [6.45, 7) is 0.526. The van der Waals surface area contributed by atoms with Gasteiger partial charge in [-0.05, 0) is 37.2 Å². The minimum atomic E-state index is -0.0205. The van der Waals surface area contributed by atoms with Crippen molar-refractivity contribution >= 4 is 11.6 Å². The van der Waals surface area contributed by atoms with Crippen molar-refractivity contribution in [3.8, 4) is 11.3 Å².